The van der Waals surface area contributed by atoms with Crippen LogP contribution in [0, 0.1) is 22.7 Å². The fraction of sp³-hybridized carbons (Fsp3) is 0.651. The minimum Gasteiger partial charge on any atom is -0.410 e. The molecule has 4 aliphatic carbocycles. The fourth-order valence-electron chi connectivity index (χ4n) is 11.1. The van der Waals surface area contributed by atoms with Crippen molar-refractivity contribution in [1.29, 1.82) is 0 Å². The van der Waals surface area contributed by atoms with E-state index in [-0.39, 0.29) is 72.5 Å². The Morgan fingerprint density at radius 2 is 1.37 bits per heavy atom. The van der Waals surface area contributed by atoms with E-state index in [2.05, 4.69) is 58.1 Å². The molecule has 0 saturated heterocycles. The van der Waals surface area contributed by atoms with Crippen LogP contribution in [0.2, 0.25) is 0 Å². The quantitative estimate of drug-likeness (QED) is 0.119. The summed E-state index contributed by atoms with van der Waals surface area (Å²) in [5.41, 5.74) is 10.1. The Morgan fingerprint density at radius 1 is 0.815 bits per heavy atom. The predicted molar refractivity (Wildman–Crippen MR) is 218 cm³/mol. The highest BCUT2D eigenvalue weighted by atomic mass is 35.5. The maximum absolute atomic E-state index is 14.6. The van der Waals surface area contributed by atoms with Gasteiger partial charge in [0.05, 0.1) is 30.7 Å². The third kappa shape index (κ3) is 8.03. The van der Waals surface area contributed by atoms with Gasteiger partial charge in [-0.15, -0.1) is 24.8 Å². The van der Waals surface area contributed by atoms with Crippen LogP contribution in [-0.4, -0.2) is 60.8 Å². The summed E-state index contributed by atoms with van der Waals surface area (Å²) in [6, 6.07) is 12.2. The first kappa shape index (κ1) is 43.9. The first-order valence-corrected chi connectivity index (χ1v) is 19.8. The van der Waals surface area contributed by atoms with Crippen LogP contribution in [0.25, 0.3) is 0 Å². The van der Waals surface area contributed by atoms with Crippen molar-refractivity contribution in [3.05, 3.63) is 58.7 Å². The molecule has 9 nitrogen and oxygen atoms in total. The number of nitrogens with one attached hydrogen (secondary N) is 1. The Hall–Kier alpha value is -2.85. The number of carbonyl (C=O) groups excluding carboxylic acids is 3. The first-order chi connectivity index (χ1) is 24.8. The number of nitrogen functional groups attached to an aromatic ring is 1. The molecule has 0 spiro atoms. The Balaban J connectivity index is 0.00000325. The van der Waals surface area contributed by atoms with Gasteiger partial charge in [-0.3, -0.25) is 14.9 Å². The van der Waals surface area contributed by atoms with Gasteiger partial charge in [0.25, 0.3) is 0 Å². The second-order valence-corrected chi connectivity index (χ2v) is 17.1. The molecule has 4 N–H and O–H groups in total. The van der Waals surface area contributed by atoms with Crippen LogP contribution in [0.15, 0.2) is 36.4 Å². The zero-order valence-electron chi connectivity index (χ0n) is 33.0. The van der Waals surface area contributed by atoms with E-state index in [9.17, 15) is 14.4 Å². The molecule has 3 amide bonds. The molecule has 300 valence electrons. The third-order valence-electron chi connectivity index (χ3n) is 14.0. The summed E-state index contributed by atoms with van der Waals surface area (Å²) >= 11 is 0. The largest absolute Gasteiger partial charge is 0.415 e. The summed E-state index contributed by atoms with van der Waals surface area (Å²) in [5, 5.41) is 12.1. The van der Waals surface area contributed by atoms with E-state index in [1.54, 1.807) is 4.90 Å². The Morgan fingerprint density at radius 3 is 1.93 bits per heavy atom. The van der Waals surface area contributed by atoms with Crippen LogP contribution in [0.4, 0.5) is 10.5 Å². The molecule has 6 atom stereocenters. The molecule has 0 aromatic heterocycles. The van der Waals surface area contributed by atoms with Gasteiger partial charge in [0.15, 0.2) is 0 Å². The van der Waals surface area contributed by atoms with Crippen LogP contribution in [0.1, 0.15) is 121 Å². The van der Waals surface area contributed by atoms with E-state index in [0.717, 1.165) is 88.3 Å². The zero-order valence-corrected chi connectivity index (χ0v) is 34.6. The minimum atomic E-state index is -0.722. The van der Waals surface area contributed by atoms with Crippen LogP contribution in [0.5, 0.6) is 5.75 Å². The molecule has 0 aliphatic heterocycles. The summed E-state index contributed by atoms with van der Waals surface area (Å²) in [6.45, 7) is 12.3. The molecule has 0 heterocycles. The van der Waals surface area contributed by atoms with E-state index >= 15 is 0 Å². The normalized spacial score (nSPS) is 29.4. The summed E-state index contributed by atoms with van der Waals surface area (Å²) in [6.07, 6.45) is 10.1. The topological polar surface area (TPSA) is 131 Å². The summed E-state index contributed by atoms with van der Waals surface area (Å²) in [7, 11) is 0. The smallest absolute Gasteiger partial charge is 0.410 e. The number of amides is 3. The number of halogens is 2. The second kappa shape index (κ2) is 17.5. The SMILES string of the molecule is CCCCN(CCOCCO)C(=O)Oc1ccc2c(c1)[C@@]1(C)CCC[C@](C)(C(=O)NC(=O)[C@@]3(C)CCC[C@]4(C)c5cc(N)ccc5CC[C@@H]34)[C@@H]1CC2.Cl.Cl. The highest BCUT2D eigenvalue weighted by Gasteiger charge is 2.58. The number of benzene rings is 2. The molecule has 54 heavy (non-hydrogen) atoms. The van der Waals surface area contributed by atoms with Gasteiger partial charge < -0.3 is 25.2 Å². The lowest BCUT2D eigenvalue weighted by molar-refractivity contribution is -0.150. The van der Waals surface area contributed by atoms with Crippen LogP contribution >= 0.6 is 24.8 Å². The van der Waals surface area contributed by atoms with Gasteiger partial charge >= 0.3 is 6.09 Å². The van der Waals surface area contributed by atoms with Crippen LogP contribution in [0.3, 0.4) is 0 Å². The monoisotopic (exact) mass is 787 g/mol. The van der Waals surface area contributed by atoms with E-state index in [1.807, 2.05) is 18.2 Å². The molecule has 4 aliphatic rings. The minimum absolute atomic E-state index is 0. The average Bonchev–Trinajstić information content (AvgIpc) is 3.11. The molecule has 0 bridgehead atoms. The summed E-state index contributed by atoms with van der Waals surface area (Å²) < 4.78 is 11.4. The molecular formula is C43H63Cl2N3O6. The highest BCUT2D eigenvalue weighted by Crippen LogP contribution is 2.59. The summed E-state index contributed by atoms with van der Waals surface area (Å²) in [5.74, 6) is 0.365. The lowest BCUT2D eigenvalue weighted by Crippen LogP contribution is -2.60. The van der Waals surface area contributed by atoms with Gasteiger partial charge in [-0.05, 0) is 127 Å². The van der Waals surface area contributed by atoms with Gasteiger partial charge in [0, 0.05) is 18.8 Å². The molecule has 2 aromatic rings. The molecule has 2 saturated carbocycles. The molecule has 0 radical (unpaired) electrons. The van der Waals surface area contributed by atoms with E-state index in [0.29, 0.717) is 25.4 Å². The molecule has 2 fully saturated rings. The predicted octanol–water partition coefficient (Wildman–Crippen LogP) is 8.09. The van der Waals surface area contributed by atoms with E-state index < -0.39 is 16.9 Å². The molecule has 2 aromatic carbocycles. The highest BCUT2D eigenvalue weighted by molar-refractivity contribution is 6.01. The number of nitrogens with zero attached hydrogens (tertiary/aromatic N) is 1. The average molecular weight is 789 g/mol. The number of hydrogen-bond donors (Lipinski definition) is 3. The maximum Gasteiger partial charge on any atom is 0.415 e. The number of aliphatic hydroxyl groups is 1. The van der Waals surface area contributed by atoms with Crippen molar-refractivity contribution in [2.75, 3.05) is 38.6 Å². The zero-order chi connectivity index (χ0) is 37.3. The van der Waals surface area contributed by atoms with Crippen LogP contribution in [-0.2, 0) is 38.0 Å². The van der Waals surface area contributed by atoms with Crippen molar-refractivity contribution >= 4 is 48.4 Å². The fourth-order valence-corrected chi connectivity index (χ4v) is 11.1. The van der Waals surface area contributed by atoms with Crippen molar-refractivity contribution < 1.29 is 29.0 Å². The number of carbonyl (C=O) groups is 3. The number of ether oxygens (including phenoxy) is 2. The Labute approximate surface area is 334 Å². The van der Waals surface area contributed by atoms with Gasteiger partial charge in [0.2, 0.25) is 11.8 Å². The Bertz CT molecular complexity index is 1670. The lowest BCUT2D eigenvalue weighted by Gasteiger charge is -2.56. The molecule has 11 heteroatoms. The van der Waals surface area contributed by atoms with Crippen molar-refractivity contribution in [2.45, 2.75) is 122 Å². The third-order valence-corrected chi connectivity index (χ3v) is 14.0. The van der Waals surface area contributed by atoms with Gasteiger partial charge in [0.1, 0.15) is 5.75 Å². The number of aryl methyl sites for hydroxylation is 2. The second-order valence-electron chi connectivity index (χ2n) is 17.1. The number of hydrogen-bond acceptors (Lipinski definition) is 7. The summed E-state index contributed by atoms with van der Waals surface area (Å²) in [4.78, 5) is 44.1. The molecular weight excluding hydrogens is 725 g/mol. The standard InChI is InChI=1S/C43H61N3O6.2ClH/c1-6-7-22-46(23-25-51-26-24-47)39(50)52-32-15-11-30-13-17-36-41(3,34(30)28-32)19-9-21-43(36,5)38(49)45-37(48)42(4)20-8-18-40(2)33-27-31(44)14-10-29(33)12-16-35(40)42;;/h10-11,14-15,27-28,35-36,47H,6-9,12-13,16-26,44H2,1-5H3,(H,45,48,49);2*1H/t35-,36-,40-,41-,42+,43+;;/m1../s1. The number of aliphatic hydroxyl groups excluding tert-OH is 1. The van der Waals surface area contributed by atoms with Gasteiger partial charge in [-0.1, -0.05) is 66.0 Å². The van der Waals surface area contributed by atoms with Crippen molar-refractivity contribution in [3.63, 3.8) is 0 Å². The number of anilines is 1. The van der Waals surface area contributed by atoms with Crippen molar-refractivity contribution in [3.8, 4) is 5.75 Å². The van der Waals surface area contributed by atoms with Gasteiger partial charge in [-0.2, -0.15) is 0 Å². The lowest BCUT2D eigenvalue weighted by atomic mass is 9.49. The molecule has 6 rings (SSSR count). The van der Waals surface area contributed by atoms with Crippen molar-refractivity contribution in [2.24, 2.45) is 22.7 Å². The van der Waals surface area contributed by atoms with E-state index in [1.165, 1.54) is 16.7 Å². The number of imide groups is 1. The number of nitrogens with two attached hydrogens (primary N) is 1. The maximum atomic E-state index is 14.6. The van der Waals surface area contributed by atoms with Crippen LogP contribution < -0.4 is 15.8 Å². The van der Waals surface area contributed by atoms with Gasteiger partial charge in [-0.25, -0.2) is 4.79 Å². The van der Waals surface area contributed by atoms with Crippen molar-refractivity contribution in [1.82, 2.24) is 10.2 Å². The number of fused-ring (bicyclic) bond motifs is 6. The van der Waals surface area contributed by atoms with E-state index in [4.69, 9.17) is 20.3 Å². The molecule has 0 unspecified atom stereocenters. The number of rotatable bonds is 11. The first-order valence-electron chi connectivity index (χ1n) is 19.8. The number of unbranched alkanes of at least 4 members (excludes halogenated alkanes) is 1. The Kier molecular flexibility index (Phi) is 14.2.